The monoisotopic (exact) mass is 452 g/mol. The third kappa shape index (κ3) is 6.84. The molecule has 2 aromatic carbocycles. The molecule has 0 aliphatic rings. The number of benzene rings is 2. The number of rotatable bonds is 5. The van der Waals surface area contributed by atoms with Crippen molar-refractivity contribution in [3.05, 3.63) is 52.8 Å². The molecule has 0 spiro atoms. The van der Waals surface area contributed by atoms with E-state index in [4.69, 9.17) is 9.47 Å². The summed E-state index contributed by atoms with van der Waals surface area (Å²) in [5.74, 6) is -0.530. The first kappa shape index (κ1) is 21.7. The standard InChI is InChI=1S/C20H22BrFN2O4/c1-12(27-15-8-5-13(21)6-9-15)18(25)23-14-7-10-16(22)17(11-14)24-19(26)28-20(2,3)4/h5-12H,1-4H3,(H,23,25)(H,24,26). The molecule has 0 aliphatic heterocycles. The van der Waals surface area contributed by atoms with Crippen LogP contribution in [-0.4, -0.2) is 23.7 Å². The van der Waals surface area contributed by atoms with E-state index in [1.54, 1.807) is 52.0 Å². The highest BCUT2D eigenvalue weighted by atomic mass is 79.9. The van der Waals surface area contributed by atoms with Crippen molar-refractivity contribution >= 4 is 39.3 Å². The summed E-state index contributed by atoms with van der Waals surface area (Å²) in [6.45, 7) is 6.70. The lowest BCUT2D eigenvalue weighted by Crippen LogP contribution is -2.30. The van der Waals surface area contributed by atoms with Gasteiger partial charge in [0.1, 0.15) is 17.2 Å². The Hall–Kier alpha value is -2.61. The summed E-state index contributed by atoms with van der Waals surface area (Å²) < 4.78 is 25.5. The first-order valence-electron chi connectivity index (χ1n) is 8.56. The molecule has 1 unspecified atom stereocenters. The van der Waals surface area contributed by atoms with Gasteiger partial charge in [-0.2, -0.15) is 0 Å². The summed E-state index contributed by atoms with van der Waals surface area (Å²) in [5, 5.41) is 4.96. The zero-order valence-corrected chi connectivity index (χ0v) is 17.6. The third-order valence-electron chi connectivity index (χ3n) is 3.37. The van der Waals surface area contributed by atoms with Crippen molar-refractivity contribution in [1.29, 1.82) is 0 Å². The lowest BCUT2D eigenvalue weighted by molar-refractivity contribution is -0.122. The number of amides is 2. The van der Waals surface area contributed by atoms with Gasteiger partial charge in [0.15, 0.2) is 6.10 Å². The van der Waals surface area contributed by atoms with Crippen molar-refractivity contribution in [2.45, 2.75) is 39.4 Å². The predicted molar refractivity (Wildman–Crippen MR) is 109 cm³/mol. The Bertz CT molecular complexity index is 850. The molecule has 0 aromatic heterocycles. The minimum Gasteiger partial charge on any atom is -0.481 e. The lowest BCUT2D eigenvalue weighted by atomic mass is 10.2. The number of anilines is 2. The van der Waals surface area contributed by atoms with Crippen LogP contribution in [-0.2, 0) is 9.53 Å². The second-order valence-electron chi connectivity index (χ2n) is 7.02. The van der Waals surface area contributed by atoms with E-state index in [1.807, 2.05) is 0 Å². The average Bonchev–Trinajstić information content (AvgIpc) is 2.58. The Morgan fingerprint density at radius 1 is 1.07 bits per heavy atom. The van der Waals surface area contributed by atoms with Gasteiger partial charge in [0, 0.05) is 10.2 Å². The molecule has 6 nitrogen and oxygen atoms in total. The molecule has 0 aliphatic carbocycles. The van der Waals surface area contributed by atoms with Gasteiger partial charge in [0.2, 0.25) is 0 Å². The lowest BCUT2D eigenvalue weighted by Gasteiger charge is -2.20. The molecular formula is C20H22BrFN2O4. The Morgan fingerprint density at radius 2 is 1.71 bits per heavy atom. The summed E-state index contributed by atoms with van der Waals surface area (Å²) in [6.07, 6.45) is -1.57. The van der Waals surface area contributed by atoms with Crippen LogP contribution in [0.15, 0.2) is 46.9 Å². The molecule has 1 atom stereocenters. The maximum atomic E-state index is 14.0. The molecule has 8 heteroatoms. The average molecular weight is 453 g/mol. The molecule has 2 rings (SSSR count). The van der Waals surface area contributed by atoms with Gasteiger partial charge in [-0.25, -0.2) is 9.18 Å². The van der Waals surface area contributed by atoms with E-state index >= 15 is 0 Å². The zero-order valence-electron chi connectivity index (χ0n) is 16.0. The number of halogens is 2. The first-order valence-corrected chi connectivity index (χ1v) is 9.35. The van der Waals surface area contributed by atoms with E-state index in [1.165, 1.54) is 12.1 Å². The van der Waals surface area contributed by atoms with Gasteiger partial charge in [-0.15, -0.1) is 0 Å². The number of nitrogens with one attached hydrogen (secondary N) is 2. The molecule has 2 N–H and O–H groups in total. The van der Waals surface area contributed by atoms with E-state index in [-0.39, 0.29) is 5.69 Å². The molecule has 0 bridgehead atoms. The normalized spacial score (nSPS) is 12.1. The van der Waals surface area contributed by atoms with E-state index < -0.39 is 29.5 Å². The van der Waals surface area contributed by atoms with Crippen LogP contribution in [0.3, 0.4) is 0 Å². The van der Waals surface area contributed by atoms with Gasteiger partial charge in [-0.05, 0) is 70.2 Å². The Balaban J connectivity index is 2.02. The van der Waals surface area contributed by atoms with Crippen molar-refractivity contribution in [3.8, 4) is 5.75 Å². The summed E-state index contributed by atoms with van der Waals surface area (Å²) in [6, 6.07) is 10.9. The van der Waals surface area contributed by atoms with Gasteiger partial charge in [0.25, 0.3) is 5.91 Å². The van der Waals surface area contributed by atoms with Crippen LogP contribution in [0.5, 0.6) is 5.75 Å². The van der Waals surface area contributed by atoms with Crippen LogP contribution in [0.2, 0.25) is 0 Å². The molecule has 0 fully saturated rings. The van der Waals surface area contributed by atoms with E-state index in [0.29, 0.717) is 11.4 Å². The molecule has 150 valence electrons. The maximum absolute atomic E-state index is 14.0. The Labute approximate surface area is 171 Å². The van der Waals surface area contributed by atoms with Crippen LogP contribution in [0.25, 0.3) is 0 Å². The number of carbonyl (C=O) groups is 2. The van der Waals surface area contributed by atoms with Crippen molar-refractivity contribution in [2.24, 2.45) is 0 Å². The van der Waals surface area contributed by atoms with Crippen LogP contribution < -0.4 is 15.4 Å². The van der Waals surface area contributed by atoms with Gasteiger partial charge in [-0.3, -0.25) is 10.1 Å². The second-order valence-corrected chi connectivity index (χ2v) is 7.94. The Kier molecular flexibility index (Phi) is 7.01. The molecular weight excluding hydrogens is 431 g/mol. The molecule has 2 aromatic rings. The SMILES string of the molecule is CC(Oc1ccc(Br)cc1)C(=O)Nc1ccc(F)c(NC(=O)OC(C)(C)C)c1. The van der Waals surface area contributed by atoms with Gasteiger partial charge >= 0.3 is 6.09 Å². The molecule has 0 saturated carbocycles. The van der Waals surface area contributed by atoms with Gasteiger partial charge < -0.3 is 14.8 Å². The van der Waals surface area contributed by atoms with E-state index in [2.05, 4.69) is 26.6 Å². The molecule has 2 amide bonds. The van der Waals surface area contributed by atoms with Crippen LogP contribution in [0.1, 0.15) is 27.7 Å². The quantitative estimate of drug-likeness (QED) is 0.641. The number of hydrogen-bond donors (Lipinski definition) is 2. The Morgan fingerprint density at radius 3 is 2.32 bits per heavy atom. The number of hydrogen-bond acceptors (Lipinski definition) is 4. The van der Waals surface area contributed by atoms with Crippen molar-refractivity contribution in [1.82, 2.24) is 0 Å². The minimum absolute atomic E-state index is 0.103. The largest absolute Gasteiger partial charge is 0.481 e. The van der Waals surface area contributed by atoms with Crippen LogP contribution in [0, 0.1) is 5.82 Å². The fraction of sp³-hybridized carbons (Fsp3) is 0.300. The highest BCUT2D eigenvalue weighted by molar-refractivity contribution is 9.10. The fourth-order valence-electron chi connectivity index (χ4n) is 2.13. The summed E-state index contributed by atoms with van der Waals surface area (Å²) in [5.41, 5.74) is -0.510. The zero-order chi connectivity index (χ0) is 20.9. The minimum atomic E-state index is -0.790. The van der Waals surface area contributed by atoms with Crippen molar-refractivity contribution < 1.29 is 23.5 Å². The molecule has 28 heavy (non-hydrogen) atoms. The fourth-order valence-corrected chi connectivity index (χ4v) is 2.39. The highest BCUT2D eigenvalue weighted by Crippen LogP contribution is 2.22. The van der Waals surface area contributed by atoms with E-state index in [0.717, 1.165) is 10.5 Å². The molecule has 0 heterocycles. The topological polar surface area (TPSA) is 76.7 Å². The molecule has 0 saturated heterocycles. The molecule has 0 radical (unpaired) electrons. The van der Waals surface area contributed by atoms with Crippen LogP contribution >= 0.6 is 15.9 Å². The van der Waals surface area contributed by atoms with Crippen molar-refractivity contribution in [3.63, 3.8) is 0 Å². The maximum Gasteiger partial charge on any atom is 0.412 e. The summed E-state index contributed by atoms with van der Waals surface area (Å²) in [4.78, 5) is 24.2. The van der Waals surface area contributed by atoms with Crippen molar-refractivity contribution in [2.75, 3.05) is 10.6 Å². The highest BCUT2D eigenvalue weighted by Gasteiger charge is 2.19. The van der Waals surface area contributed by atoms with E-state index in [9.17, 15) is 14.0 Å². The third-order valence-corrected chi connectivity index (χ3v) is 3.89. The summed E-state index contributed by atoms with van der Waals surface area (Å²) >= 11 is 3.33. The van der Waals surface area contributed by atoms with Crippen LogP contribution in [0.4, 0.5) is 20.6 Å². The predicted octanol–water partition coefficient (Wildman–Crippen LogP) is 5.34. The van der Waals surface area contributed by atoms with Gasteiger partial charge in [0.05, 0.1) is 5.69 Å². The number of ether oxygens (including phenoxy) is 2. The summed E-state index contributed by atoms with van der Waals surface area (Å²) in [7, 11) is 0. The second kappa shape index (κ2) is 9.05. The smallest absolute Gasteiger partial charge is 0.412 e. The number of carbonyl (C=O) groups excluding carboxylic acids is 2. The van der Waals surface area contributed by atoms with Gasteiger partial charge in [-0.1, -0.05) is 15.9 Å². The first-order chi connectivity index (χ1) is 13.0.